The number of halogens is 1. The van der Waals surface area contributed by atoms with Crippen LogP contribution >= 0.6 is 0 Å². The molecule has 0 amide bonds. The molecule has 0 saturated heterocycles. The van der Waals surface area contributed by atoms with Crippen LogP contribution in [0.4, 0.5) is 4.39 Å². The van der Waals surface area contributed by atoms with Crippen molar-refractivity contribution in [3.8, 4) is 22.9 Å². The summed E-state index contributed by atoms with van der Waals surface area (Å²) in [6, 6.07) is 8.23. The first kappa shape index (κ1) is 12.4. The number of nitrogens with two attached hydrogens (primary N) is 1. The Labute approximate surface area is 114 Å². The Morgan fingerprint density at radius 3 is 2.55 bits per heavy atom. The van der Waals surface area contributed by atoms with E-state index in [1.165, 1.54) is 6.07 Å². The molecule has 6 heteroatoms. The van der Waals surface area contributed by atoms with Crippen LogP contribution in [0, 0.1) is 5.82 Å². The Bertz CT molecular complexity index is 727. The molecule has 2 heterocycles. The fourth-order valence-electron chi connectivity index (χ4n) is 1.79. The number of pyridine rings is 1. The van der Waals surface area contributed by atoms with Crippen LogP contribution in [0.3, 0.4) is 0 Å². The molecule has 0 unspecified atom stereocenters. The van der Waals surface area contributed by atoms with Gasteiger partial charge < -0.3 is 10.2 Å². The van der Waals surface area contributed by atoms with Crippen molar-refractivity contribution in [3.05, 3.63) is 54.1 Å². The van der Waals surface area contributed by atoms with Crippen molar-refractivity contribution in [1.82, 2.24) is 15.2 Å². The van der Waals surface area contributed by atoms with E-state index in [9.17, 15) is 4.39 Å². The molecular weight excluding hydrogens is 259 g/mol. The van der Waals surface area contributed by atoms with Gasteiger partial charge in [0, 0.05) is 30.1 Å². The second-order valence-corrected chi connectivity index (χ2v) is 4.16. The van der Waals surface area contributed by atoms with Gasteiger partial charge in [0.05, 0.1) is 5.56 Å². The monoisotopic (exact) mass is 270 g/mol. The van der Waals surface area contributed by atoms with Crippen molar-refractivity contribution < 1.29 is 8.81 Å². The predicted octanol–water partition coefficient (Wildman–Crippen LogP) is 2.40. The van der Waals surface area contributed by atoms with E-state index in [0.29, 0.717) is 22.6 Å². The first-order valence-corrected chi connectivity index (χ1v) is 6.00. The molecule has 0 spiro atoms. The van der Waals surface area contributed by atoms with E-state index >= 15 is 0 Å². The average Bonchev–Trinajstić information content (AvgIpc) is 2.98. The summed E-state index contributed by atoms with van der Waals surface area (Å²) in [6.45, 7) is 0.150. The van der Waals surface area contributed by atoms with Crippen LogP contribution in [-0.2, 0) is 6.54 Å². The molecule has 0 atom stereocenters. The normalized spacial score (nSPS) is 10.7. The van der Waals surface area contributed by atoms with Crippen LogP contribution in [0.15, 0.2) is 47.1 Å². The van der Waals surface area contributed by atoms with Gasteiger partial charge in [0.25, 0.3) is 0 Å². The second-order valence-electron chi connectivity index (χ2n) is 4.16. The number of nitrogens with zero attached hydrogens (tertiary/aromatic N) is 3. The summed E-state index contributed by atoms with van der Waals surface area (Å²) in [5.74, 6) is 0.217. The number of aromatic nitrogens is 3. The molecular formula is C14H11FN4O. The van der Waals surface area contributed by atoms with Gasteiger partial charge in [-0.25, -0.2) is 4.39 Å². The summed E-state index contributed by atoms with van der Waals surface area (Å²) in [6.07, 6.45) is 3.27. The van der Waals surface area contributed by atoms with Gasteiger partial charge in [0.2, 0.25) is 11.8 Å². The van der Waals surface area contributed by atoms with Crippen LogP contribution in [0.2, 0.25) is 0 Å². The van der Waals surface area contributed by atoms with E-state index in [0.717, 1.165) is 0 Å². The summed E-state index contributed by atoms with van der Waals surface area (Å²) < 4.78 is 19.2. The molecule has 0 radical (unpaired) electrons. The van der Waals surface area contributed by atoms with Gasteiger partial charge in [-0.15, -0.1) is 10.2 Å². The summed E-state index contributed by atoms with van der Waals surface area (Å²) in [4.78, 5) is 3.98. The van der Waals surface area contributed by atoms with Gasteiger partial charge in [-0.2, -0.15) is 0 Å². The molecule has 3 aromatic rings. The lowest BCUT2D eigenvalue weighted by Gasteiger charge is -2.00. The molecule has 0 aliphatic rings. The van der Waals surface area contributed by atoms with Crippen molar-refractivity contribution in [1.29, 1.82) is 0 Å². The van der Waals surface area contributed by atoms with Gasteiger partial charge in [0.1, 0.15) is 5.82 Å². The highest BCUT2D eigenvalue weighted by Crippen LogP contribution is 2.24. The maximum absolute atomic E-state index is 13.7. The maximum atomic E-state index is 13.7. The summed E-state index contributed by atoms with van der Waals surface area (Å²) >= 11 is 0. The Kier molecular flexibility index (Phi) is 3.22. The fraction of sp³-hybridized carbons (Fsp3) is 0.0714. The largest absolute Gasteiger partial charge is 0.416 e. The van der Waals surface area contributed by atoms with Crippen molar-refractivity contribution in [2.24, 2.45) is 5.73 Å². The summed E-state index contributed by atoms with van der Waals surface area (Å²) in [5, 5.41) is 7.85. The third kappa shape index (κ3) is 2.28. The number of hydrogen-bond acceptors (Lipinski definition) is 5. The Hall–Kier alpha value is -2.60. The minimum atomic E-state index is -0.383. The molecule has 1 aromatic carbocycles. The molecule has 0 fully saturated rings. The highest BCUT2D eigenvalue weighted by atomic mass is 19.1. The highest BCUT2D eigenvalue weighted by molar-refractivity contribution is 5.57. The molecule has 0 saturated carbocycles. The van der Waals surface area contributed by atoms with Crippen LogP contribution in [0.1, 0.15) is 5.56 Å². The molecule has 0 aliphatic heterocycles. The first-order valence-electron chi connectivity index (χ1n) is 6.00. The van der Waals surface area contributed by atoms with Crippen LogP contribution in [0.5, 0.6) is 0 Å². The van der Waals surface area contributed by atoms with Crippen molar-refractivity contribution >= 4 is 0 Å². The topological polar surface area (TPSA) is 77.8 Å². The van der Waals surface area contributed by atoms with Gasteiger partial charge in [-0.05, 0) is 24.3 Å². The molecule has 5 nitrogen and oxygen atoms in total. The number of benzene rings is 1. The molecule has 2 N–H and O–H groups in total. The quantitative estimate of drug-likeness (QED) is 0.790. The van der Waals surface area contributed by atoms with E-state index in [-0.39, 0.29) is 18.3 Å². The van der Waals surface area contributed by atoms with E-state index in [1.54, 1.807) is 30.6 Å². The van der Waals surface area contributed by atoms with E-state index in [4.69, 9.17) is 10.2 Å². The van der Waals surface area contributed by atoms with Crippen LogP contribution in [0.25, 0.3) is 22.9 Å². The van der Waals surface area contributed by atoms with Crippen molar-refractivity contribution in [3.63, 3.8) is 0 Å². The lowest BCUT2D eigenvalue weighted by atomic mass is 10.1. The Balaban J connectivity index is 1.96. The second kappa shape index (κ2) is 5.18. The zero-order chi connectivity index (χ0) is 13.9. The summed E-state index contributed by atoms with van der Waals surface area (Å²) in [5.41, 5.74) is 7.10. The molecule has 0 bridgehead atoms. The molecule has 3 rings (SSSR count). The Morgan fingerprint density at radius 1 is 1.10 bits per heavy atom. The number of rotatable bonds is 3. The Morgan fingerprint density at radius 2 is 1.90 bits per heavy atom. The van der Waals surface area contributed by atoms with E-state index in [2.05, 4.69) is 15.2 Å². The highest BCUT2D eigenvalue weighted by Gasteiger charge is 2.12. The summed E-state index contributed by atoms with van der Waals surface area (Å²) in [7, 11) is 0. The minimum Gasteiger partial charge on any atom is -0.416 e. The zero-order valence-electron chi connectivity index (χ0n) is 10.5. The molecule has 2 aromatic heterocycles. The lowest BCUT2D eigenvalue weighted by molar-refractivity contribution is 0.580. The standard InChI is InChI=1S/C14H11FN4O/c15-12-6-9(3-4-10(12)7-16)13-18-19-14(20-13)11-2-1-5-17-8-11/h1-6,8H,7,16H2. The predicted molar refractivity (Wildman–Crippen MR) is 70.8 cm³/mol. The molecule has 100 valence electrons. The van der Waals surface area contributed by atoms with Gasteiger partial charge in [0.15, 0.2) is 0 Å². The third-order valence-electron chi connectivity index (χ3n) is 2.85. The van der Waals surface area contributed by atoms with Crippen molar-refractivity contribution in [2.45, 2.75) is 6.54 Å². The van der Waals surface area contributed by atoms with Gasteiger partial charge in [-0.1, -0.05) is 6.07 Å². The minimum absolute atomic E-state index is 0.150. The van der Waals surface area contributed by atoms with E-state index in [1.807, 2.05) is 6.07 Å². The first-order chi connectivity index (χ1) is 9.78. The smallest absolute Gasteiger partial charge is 0.249 e. The average molecular weight is 270 g/mol. The molecule has 20 heavy (non-hydrogen) atoms. The fourth-order valence-corrected chi connectivity index (χ4v) is 1.79. The number of hydrogen-bond donors (Lipinski definition) is 1. The lowest BCUT2D eigenvalue weighted by Crippen LogP contribution is -1.99. The van der Waals surface area contributed by atoms with Crippen LogP contribution < -0.4 is 5.73 Å². The van der Waals surface area contributed by atoms with Crippen LogP contribution in [-0.4, -0.2) is 15.2 Å². The van der Waals surface area contributed by atoms with Gasteiger partial charge >= 0.3 is 0 Å². The third-order valence-corrected chi connectivity index (χ3v) is 2.85. The SMILES string of the molecule is NCc1ccc(-c2nnc(-c3cccnc3)o2)cc1F. The van der Waals surface area contributed by atoms with Gasteiger partial charge in [-0.3, -0.25) is 4.98 Å². The molecule has 0 aliphatic carbocycles. The van der Waals surface area contributed by atoms with E-state index < -0.39 is 0 Å². The maximum Gasteiger partial charge on any atom is 0.249 e. The zero-order valence-corrected chi connectivity index (χ0v) is 10.5. The van der Waals surface area contributed by atoms with Crippen molar-refractivity contribution in [2.75, 3.05) is 0 Å².